The van der Waals surface area contributed by atoms with Crippen molar-refractivity contribution in [2.24, 2.45) is 5.92 Å². The van der Waals surface area contributed by atoms with Gasteiger partial charge in [-0.3, -0.25) is 0 Å². The summed E-state index contributed by atoms with van der Waals surface area (Å²) in [7, 11) is 0. The molecule has 0 aliphatic carbocycles. The van der Waals surface area contributed by atoms with E-state index in [0.717, 1.165) is 19.5 Å². The molecular weight excluding hydrogens is 198 g/mol. The maximum Gasteiger partial charge on any atom is 0.0632 e. The van der Waals surface area contributed by atoms with Crippen LogP contribution < -0.4 is 5.32 Å². The fraction of sp³-hybridized carbons (Fsp3) is 0.455. The van der Waals surface area contributed by atoms with Gasteiger partial charge in [-0.25, -0.2) is 0 Å². The van der Waals surface area contributed by atoms with Crippen molar-refractivity contribution in [3.05, 3.63) is 35.9 Å². The number of benzene rings is 1. The molecule has 0 aromatic heterocycles. The molecule has 0 amide bonds. The summed E-state index contributed by atoms with van der Waals surface area (Å²) in [6.07, 6.45) is 0.608. The molecule has 1 heterocycles. The molecule has 0 radical (unpaired) electrons. The summed E-state index contributed by atoms with van der Waals surface area (Å²) >= 11 is 0. The van der Waals surface area contributed by atoms with Gasteiger partial charge in [0.1, 0.15) is 0 Å². The molecule has 14 heavy (non-hydrogen) atoms. The second-order valence-corrected chi connectivity index (χ2v) is 3.68. The average molecular weight is 214 g/mol. The van der Waals surface area contributed by atoms with E-state index in [9.17, 15) is 5.11 Å². The van der Waals surface area contributed by atoms with Crippen LogP contribution in [0, 0.1) is 5.92 Å². The van der Waals surface area contributed by atoms with Gasteiger partial charge in [-0.1, -0.05) is 30.3 Å². The maximum absolute atomic E-state index is 9.78. The molecule has 1 aromatic rings. The Bertz CT molecular complexity index is 261. The first-order valence-electron chi connectivity index (χ1n) is 4.79. The third kappa shape index (κ3) is 2.71. The number of hydrogen-bond donors (Lipinski definition) is 2. The van der Waals surface area contributed by atoms with Crippen LogP contribution in [-0.4, -0.2) is 24.3 Å². The zero-order valence-corrected chi connectivity index (χ0v) is 8.83. The van der Waals surface area contributed by atoms with E-state index in [1.807, 2.05) is 18.2 Å². The zero-order chi connectivity index (χ0) is 9.10. The maximum atomic E-state index is 9.78. The lowest BCUT2D eigenvalue weighted by Crippen LogP contribution is -2.49. The summed E-state index contributed by atoms with van der Waals surface area (Å²) < 4.78 is 0. The summed E-state index contributed by atoms with van der Waals surface area (Å²) in [5, 5.41) is 13.0. The average Bonchev–Trinajstić information content (AvgIpc) is 2.02. The van der Waals surface area contributed by atoms with E-state index >= 15 is 0 Å². The molecule has 2 nitrogen and oxygen atoms in total. The molecular formula is C11H16ClNO. The SMILES string of the molecule is Cl.O[C@H](Cc1ccccc1)C1CNC1. The number of rotatable bonds is 3. The van der Waals surface area contributed by atoms with Gasteiger partial charge >= 0.3 is 0 Å². The Hall–Kier alpha value is -0.570. The van der Waals surface area contributed by atoms with Crippen LogP contribution in [0.15, 0.2) is 30.3 Å². The second-order valence-electron chi connectivity index (χ2n) is 3.68. The normalized spacial score (nSPS) is 18.1. The van der Waals surface area contributed by atoms with Gasteiger partial charge in [-0.05, 0) is 12.0 Å². The highest BCUT2D eigenvalue weighted by atomic mass is 35.5. The van der Waals surface area contributed by atoms with E-state index in [-0.39, 0.29) is 18.5 Å². The Morgan fingerprint density at radius 1 is 1.29 bits per heavy atom. The van der Waals surface area contributed by atoms with Gasteiger partial charge < -0.3 is 10.4 Å². The quantitative estimate of drug-likeness (QED) is 0.792. The van der Waals surface area contributed by atoms with E-state index in [4.69, 9.17) is 0 Å². The summed E-state index contributed by atoms with van der Waals surface area (Å²) in [5.41, 5.74) is 1.22. The monoisotopic (exact) mass is 213 g/mol. The standard InChI is InChI=1S/C11H15NO.ClH/c13-11(10-7-12-8-10)6-9-4-2-1-3-5-9;/h1-5,10-13H,6-8H2;1H/t11-;/m1./s1. The van der Waals surface area contributed by atoms with E-state index < -0.39 is 0 Å². The molecule has 1 atom stereocenters. The van der Waals surface area contributed by atoms with Gasteiger partial charge in [0.25, 0.3) is 0 Å². The minimum atomic E-state index is -0.177. The molecule has 0 saturated carbocycles. The first-order chi connectivity index (χ1) is 6.36. The minimum absolute atomic E-state index is 0. The van der Waals surface area contributed by atoms with Crippen molar-refractivity contribution in [2.45, 2.75) is 12.5 Å². The molecule has 78 valence electrons. The van der Waals surface area contributed by atoms with Gasteiger partial charge in [-0.15, -0.1) is 12.4 Å². The number of halogens is 1. The summed E-state index contributed by atoms with van der Waals surface area (Å²) in [4.78, 5) is 0. The van der Waals surface area contributed by atoms with Crippen LogP contribution in [0.4, 0.5) is 0 Å². The van der Waals surface area contributed by atoms with Gasteiger partial charge in [0.15, 0.2) is 0 Å². The summed E-state index contributed by atoms with van der Waals surface area (Å²) in [6.45, 7) is 1.93. The van der Waals surface area contributed by atoms with E-state index in [2.05, 4.69) is 17.4 Å². The Balaban J connectivity index is 0.000000980. The van der Waals surface area contributed by atoms with Crippen LogP contribution >= 0.6 is 12.4 Å². The lowest BCUT2D eigenvalue weighted by atomic mass is 9.92. The molecule has 2 N–H and O–H groups in total. The summed E-state index contributed by atoms with van der Waals surface area (Å²) in [6, 6.07) is 10.2. The van der Waals surface area contributed by atoms with Crippen molar-refractivity contribution in [3.63, 3.8) is 0 Å². The largest absolute Gasteiger partial charge is 0.392 e. The molecule has 1 aromatic carbocycles. The van der Waals surface area contributed by atoms with Gasteiger partial charge in [0.05, 0.1) is 6.10 Å². The summed E-state index contributed by atoms with van der Waals surface area (Å²) in [5.74, 6) is 0.459. The molecule has 1 fully saturated rings. The topological polar surface area (TPSA) is 32.3 Å². The molecule has 1 aliphatic rings. The Morgan fingerprint density at radius 3 is 2.43 bits per heavy atom. The van der Waals surface area contributed by atoms with Crippen LogP contribution in [0.2, 0.25) is 0 Å². The smallest absolute Gasteiger partial charge is 0.0632 e. The lowest BCUT2D eigenvalue weighted by molar-refractivity contribution is 0.0772. The fourth-order valence-corrected chi connectivity index (χ4v) is 1.61. The predicted molar refractivity (Wildman–Crippen MR) is 59.8 cm³/mol. The second kappa shape index (κ2) is 5.35. The Morgan fingerprint density at radius 2 is 1.93 bits per heavy atom. The molecule has 2 rings (SSSR count). The minimum Gasteiger partial charge on any atom is -0.392 e. The fourth-order valence-electron chi connectivity index (χ4n) is 1.61. The first kappa shape index (κ1) is 11.5. The van der Waals surface area contributed by atoms with Crippen LogP contribution in [-0.2, 0) is 6.42 Å². The molecule has 0 unspecified atom stereocenters. The Labute approximate surface area is 90.7 Å². The van der Waals surface area contributed by atoms with Gasteiger partial charge in [0, 0.05) is 19.0 Å². The van der Waals surface area contributed by atoms with Gasteiger partial charge in [0.2, 0.25) is 0 Å². The predicted octanol–water partition coefficient (Wildman–Crippen LogP) is 1.23. The number of aliphatic hydroxyl groups excluding tert-OH is 1. The number of hydrogen-bond acceptors (Lipinski definition) is 2. The highest BCUT2D eigenvalue weighted by Crippen LogP contribution is 2.13. The van der Waals surface area contributed by atoms with E-state index in [0.29, 0.717) is 5.92 Å². The van der Waals surface area contributed by atoms with Crippen molar-refractivity contribution in [2.75, 3.05) is 13.1 Å². The molecule has 1 saturated heterocycles. The van der Waals surface area contributed by atoms with Crippen molar-refractivity contribution in [3.8, 4) is 0 Å². The Kier molecular flexibility index (Phi) is 4.39. The molecule has 0 spiro atoms. The highest BCUT2D eigenvalue weighted by molar-refractivity contribution is 5.85. The van der Waals surface area contributed by atoms with E-state index in [1.165, 1.54) is 5.56 Å². The molecule has 0 bridgehead atoms. The van der Waals surface area contributed by atoms with Crippen molar-refractivity contribution in [1.29, 1.82) is 0 Å². The lowest BCUT2D eigenvalue weighted by Gasteiger charge is -2.31. The van der Waals surface area contributed by atoms with Crippen LogP contribution in [0.3, 0.4) is 0 Å². The molecule has 1 aliphatic heterocycles. The number of aliphatic hydroxyl groups is 1. The number of nitrogens with one attached hydrogen (secondary N) is 1. The first-order valence-corrected chi connectivity index (χ1v) is 4.79. The van der Waals surface area contributed by atoms with Crippen LogP contribution in [0.1, 0.15) is 5.56 Å². The zero-order valence-electron chi connectivity index (χ0n) is 8.02. The third-order valence-electron chi connectivity index (χ3n) is 2.64. The van der Waals surface area contributed by atoms with Crippen LogP contribution in [0.5, 0.6) is 0 Å². The third-order valence-corrected chi connectivity index (χ3v) is 2.64. The van der Waals surface area contributed by atoms with E-state index in [1.54, 1.807) is 0 Å². The van der Waals surface area contributed by atoms with Crippen LogP contribution in [0.25, 0.3) is 0 Å². The van der Waals surface area contributed by atoms with Crippen molar-refractivity contribution >= 4 is 12.4 Å². The van der Waals surface area contributed by atoms with Crippen molar-refractivity contribution < 1.29 is 5.11 Å². The highest BCUT2D eigenvalue weighted by Gasteiger charge is 2.24. The van der Waals surface area contributed by atoms with Crippen molar-refractivity contribution in [1.82, 2.24) is 5.32 Å². The molecule has 3 heteroatoms. The van der Waals surface area contributed by atoms with Gasteiger partial charge in [-0.2, -0.15) is 0 Å².